The first kappa shape index (κ1) is 141. The second-order valence-electron chi connectivity index (χ2n) is 37.3. The zero-order chi connectivity index (χ0) is 100. The predicted octanol–water partition coefficient (Wildman–Crippen LogP) is 44.5. The SMILES string of the molecule is CCCCCCCCCS(CC)(CC)OP(=O)(F)OS(CC)(CC)CCCCCCCCC.CCCCCCCCCS(CC)(CC)OP(=O)(F)OS(CC)(CC)CCCCCCCCC.CCCCCCCCCS(CC)(CC)OP(=O)(F)OS(CC)(CC)CCCCCCCCC.CCCCCCCCCS(CC)(CC)OP(=O)(F)OS(CC)(CC)CCCCCCCCC. The highest BCUT2D eigenvalue weighted by Crippen LogP contribution is 2.77. The summed E-state index contributed by atoms with van der Waals surface area (Å²) >= 11 is 0. The molecule has 0 fully saturated rings. The summed E-state index contributed by atoms with van der Waals surface area (Å²) in [5, 5.41) is 0. The van der Waals surface area contributed by atoms with Gasteiger partial charge in [-0.05, 0) is 189 Å². The molecular formula is C104H232F4O12P4S8. The van der Waals surface area contributed by atoms with E-state index in [1.807, 2.05) is 0 Å². The molecule has 0 heterocycles. The largest absolute Gasteiger partial charge is 0.532 e. The Balaban J connectivity index is -0.000000827. The Morgan fingerprint density at radius 1 is 0.129 bits per heavy atom. The van der Waals surface area contributed by atoms with Crippen molar-refractivity contribution in [3.05, 3.63) is 0 Å². The molecule has 816 valence electrons. The van der Waals surface area contributed by atoms with Gasteiger partial charge in [-0.1, -0.05) is 474 Å². The van der Waals surface area contributed by atoms with Crippen molar-refractivity contribution in [1.29, 1.82) is 0 Å². The van der Waals surface area contributed by atoms with Crippen molar-refractivity contribution in [3.8, 4) is 0 Å². The second-order valence-corrected chi connectivity index (χ2v) is 73.4. The molecule has 28 heteroatoms. The molecule has 0 rings (SSSR count). The zero-order valence-corrected chi connectivity index (χ0v) is 102. The van der Waals surface area contributed by atoms with Gasteiger partial charge in [0.1, 0.15) is 0 Å². The minimum atomic E-state index is -4.57. The summed E-state index contributed by atoms with van der Waals surface area (Å²) in [5.74, 6) is 18.6. The number of unbranched alkanes of at least 4 members (excludes halogenated alkanes) is 48. The van der Waals surface area contributed by atoms with Gasteiger partial charge in [-0.15, -0.1) is 99.3 Å². The Hall–Kier alpha value is 3.12. The Kier molecular flexibility index (Phi) is 95.7. The van der Waals surface area contributed by atoms with Crippen LogP contribution in [0.4, 0.5) is 16.8 Å². The van der Waals surface area contributed by atoms with Crippen molar-refractivity contribution in [2.24, 2.45) is 0 Å². The van der Waals surface area contributed by atoms with Gasteiger partial charge in [-0.2, -0.15) is 0 Å². The molecule has 132 heavy (non-hydrogen) atoms. The van der Waals surface area contributed by atoms with Crippen molar-refractivity contribution in [3.63, 3.8) is 0 Å². The van der Waals surface area contributed by atoms with Gasteiger partial charge in [0, 0.05) is 0 Å². The van der Waals surface area contributed by atoms with Crippen LogP contribution in [0, 0.1) is 0 Å². The Morgan fingerprint density at radius 3 is 0.265 bits per heavy atom. The molecule has 0 saturated heterocycles. The topological polar surface area (TPSA) is 142 Å². The highest BCUT2D eigenvalue weighted by Gasteiger charge is 2.45. The van der Waals surface area contributed by atoms with Crippen LogP contribution in [0.2, 0.25) is 0 Å². The first-order chi connectivity index (χ1) is 63.1. The van der Waals surface area contributed by atoms with Crippen molar-refractivity contribution in [2.45, 2.75) is 526 Å². The molecule has 0 aliphatic rings. The molecule has 0 aromatic heterocycles. The minimum Gasteiger partial charge on any atom is -0.233 e. The van der Waals surface area contributed by atoms with Gasteiger partial charge in [-0.3, -0.25) is 0 Å². The maximum absolute atomic E-state index is 15.4. The van der Waals surface area contributed by atoms with E-state index in [9.17, 15) is 18.3 Å². The minimum absolute atomic E-state index is 0.745. The summed E-state index contributed by atoms with van der Waals surface area (Å²) in [6.07, 6.45) is 68.4. The summed E-state index contributed by atoms with van der Waals surface area (Å²) in [6, 6.07) is 0. The molecule has 0 spiro atoms. The Bertz CT molecular complexity index is 2190. The first-order valence-corrected chi connectivity index (χ1v) is 78.4. The number of hydrogen-bond acceptors (Lipinski definition) is 12. The van der Waals surface area contributed by atoms with E-state index in [4.69, 9.17) is 31.8 Å². The van der Waals surface area contributed by atoms with Crippen LogP contribution in [0.15, 0.2) is 0 Å². The zero-order valence-electron chi connectivity index (χ0n) is 92.0. The Morgan fingerprint density at radius 2 is 0.197 bits per heavy atom. The molecule has 0 aliphatic carbocycles. The molecule has 0 aliphatic heterocycles. The predicted molar refractivity (Wildman–Crippen MR) is 616 cm³/mol. The summed E-state index contributed by atoms with van der Waals surface area (Å²) in [5.41, 5.74) is 0. The normalized spacial score (nSPS) is 14.0. The molecule has 0 saturated carbocycles. The molecule has 0 radical (unpaired) electrons. The van der Waals surface area contributed by atoms with E-state index in [0.717, 1.165) is 241 Å². The quantitative estimate of drug-likeness (QED) is 0.0325. The number of hydrogen-bond donors (Lipinski definition) is 0. The van der Waals surface area contributed by atoms with Crippen molar-refractivity contribution in [1.82, 2.24) is 0 Å². The van der Waals surface area contributed by atoms with Crippen LogP contribution in [0.1, 0.15) is 526 Å². The summed E-state index contributed by atoms with van der Waals surface area (Å²) in [4.78, 5) is 0. The molecule has 12 nitrogen and oxygen atoms in total. The average molecular weight is 2130 g/mol. The van der Waals surface area contributed by atoms with E-state index in [2.05, 4.69) is 166 Å². The lowest BCUT2D eigenvalue weighted by molar-refractivity contribution is 0.362. The van der Waals surface area contributed by atoms with Crippen LogP contribution in [-0.2, 0) is 50.0 Å². The third-order valence-corrected chi connectivity index (χ3v) is 68.3. The van der Waals surface area contributed by atoms with Crippen LogP contribution in [0.3, 0.4) is 0 Å². The monoisotopic (exact) mass is 2130 g/mol. The highest BCUT2D eigenvalue weighted by atomic mass is 32.3. The summed E-state index contributed by atoms with van der Waals surface area (Å²) in [7, 11) is -31.9. The van der Waals surface area contributed by atoms with Crippen molar-refractivity contribution in [2.75, 3.05) is 138 Å². The molecule has 0 aromatic rings. The fourth-order valence-electron chi connectivity index (χ4n) is 17.2. The average Bonchev–Trinajstić information content (AvgIpc) is 0.826. The lowest BCUT2D eigenvalue weighted by Crippen LogP contribution is -2.17. The first-order valence-electron chi connectivity index (χ1n) is 56.1. The maximum Gasteiger partial charge on any atom is 0.532 e. The van der Waals surface area contributed by atoms with E-state index in [1.54, 1.807) is 0 Å². The van der Waals surface area contributed by atoms with Gasteiger partial charge in [0.05, 0.1) is 0 Å². The summed E-state index contributed by atoms with van der Waals surface area (Å²) in [6.45, 7) is 50.7. The lowest BCUT2D eigenvalue weighted by Gasteiger charge is -2.42. The number of rotatable bonds is 96. The van der Waals surface area contributed by atoms with Gasteiger partial charge >= 0.3 is 31.6 Å². The van der Waals surface area contributed by atoms with Gasteiger partial charge in [-0.25, -0.2) is 50.0 Å². The fourth-order valence-corrected chi connectivity index (χ4v) is 53.5. The standard InChI is InChI=1S/4C26H58FO3PS2/c4*1-7-13-15-17-19-21-23-25-32(9-3,10-4)29-31(27,28)30-33(11-5,12-6)26-24-22-20-18-16-14-8-2/h4*7-26H2,1-6H3. The number of halogens is 4. The molecule has 0 amide bonds. The third kappa shape index (κ3) is 72.4. The van der Waals surface area contributed by atoms with Crippen LogP contribution < -0.4 is 0 Å². The van der Waals surface area contributed by atoms with Gasteiger partial charge in [0.2, 0.25) is 0 Å². The smallest absolute Gasteiger partial charge is 0.233 e. The Labute approximate surface area is 837 Å². The van der Waals surface area contributed by atoms with E-state index in [-0.39, 0.29) is 0 Å². The van der Waals surface area contributed by atoms with E-state index in [1.165, 1.54) is 257 Å². The summed E-state index contributed by atoms with van der Waals surface area (Å²) < 4.78 is 161. The van der Waals surface area contributed by atoms with E-state index >= 15 is 16.8 Å². The van der Waals surface area contributed by atoms with E-state index < -0.39 is 114 Å². The van der Waals surface area contributed by atoms with Gasteiger partial charge in [0.15, 0.2) is 0 Å². The van der Waals surface area contributed by atoms with Crippen molar-refractivity contribution >= 4 is 114 Å². The van der Waals surface area contributed by atoms with Crippen LogP contribution in [-0.4, -0.2) is 138 Å². The second kappa shape index (κ2) is 89.3. The van der Waals surface area contributed by atoms with Crippen LogP contribution in [0.5, 0.6) is 0 Å². The van der Waals surface area contributed by atoms with E-state index in [0.29, 0.717) is 0 Å². The third-order valence-electron chi connectivity index (χ3n) is 27.4. The van der Waals surface area contributed by atoms with Crippen LogP contribution in [0.25, 0.3) is 0 Å². The molecule has 0 unspecified atom stereocenters. The highest BCUT2D eigenvalue weighted by molar-refractivity contribution is 8.35. The molecule has 0 aromatic carbocycles. The molecule has 0 N–H and O–H groups in total. The van der Waals surface area contributed by atoms with Crippen LogP contribution >= 0.6 is 114 Å². The molecule has 0 bridgehead atoms. The van der Waals surface area contributed by atoms with Gasteiger partial charge < -0.3 is 0 Å². The van der Waals surface area contributed by atoms with Gasteiger partial charge in [0.25, 0.3) is 0 Å². The molecule has 0 atom stereocenters. The fraction of sp³-hybridized carbons (Fsp3) is 1.00. The molecular weight excluding hydrogens is 1900 g/mol. The van der Waals surface area contributed by atoms with Crippen molar-refractivity contribution < 1.29 is 66.8 Å². The maximum atomic E-state index is 15.4. The lowest BCUT2D eigenvalue weighted by atomic mass is 10.1.